The summed E-state index contributed by atoms with van der Waals surface area (Å²) >= 11 is 5.88. The van der Waals surface area contributed by atoms with Gasteiger partial charge in [0.1, 0.15) is 5.82 Å². The van der Waals surface area contributed by atoms with Crippen LogP contribution < -0.4 is 14.8 Å². The maximum atomic E-state index is 12.1. The normalized spacial score (nSPS) is 10.3. The van der Waals surface area contributed by atoms with Gasteiger partial charge in [-0.1, -0.05) is 18.5 Å². The van der Waals surface area contributed by atoms with Crippen molar-refractivity contribution < 1.29 is 14.3 Å². The lowest BCUT2D eigenvalue weighted by atomic mass is 10.1. The third-order valence-electron chi connectivity index (χ3n) is 3.01. The van der Waals surface area contributed by atoms with Crippen LogP contribution >= 0.6 is 11.6 Å². The summed E-state index contributed by atoms with van der Waals surface area (Å²) in [5.74, 6) is 1.19. The average molecular weight is 337 g/mol. The second kappa shape index (κ2) is 7.73. The molecule has 0 amide bonds. The number of carbonyl (C=O) groups is 1. The van der Waals surface area contributed by atoms with Gasteiger partial charge in [-0.3, -0.25) is 4.79 Å². The number of rotatable bonds is 7. The maximum Gasteiger partial charge on any atom is 0.258 e. The van der Waals surface area contributed by atoms with E-state index < -0.39 is 0 Å². The van der Waals surface area contributed by atoms with Gasteiger partial charge in [0.2, 0.25) is 0 Å². The topological polar surface area (TPSA) is 86.2 Å². The summed E-state index contributed by atoms with van der Waals surface area (Å²) in [5.41, 5.74) is 0.677. The van der Waals surface area contributed by atoms with Crippen LogP contribution in [0.25, 0.3) is 0 Å². The predicted octanol–water partition coefficient (Wildman–Crippen LogP) is 3.27. The number of halogens is 1. The molecule has 0 bridgehead atoms. The van der Waals surface area contributed by atoms with Crippen LogP contribution in [0.2, 0.25) is 5.15 Å². The molecule has 0 aliphatic heterocycles. The number of hydrogen-bond acceptors (Lipinski definition) is 7. The first-order chi connectivity index (χ1) is 11.1. The highest BCUT2D eigenvalue weighted by Gasteiger charge is 2.16. The monoisotopic (exact) mass is 336 g/mol. The highest BCUT2D eigenvalue weighted by Crippen LogP contribution is 2.28. The van der Waals surface area contributed by atoms with Gasteiger partial charge in [-0.2, -0.15) is 4.98 Å². The fraction of sp³-hybridized carbons (Fsp3) is 0.333. The quantitative estimate of drug-likeness (QED) is 0.776. The Bertz CT molecular complexity index is 709. The van der Waals surface area contributed by atoms with E-state index >= 15 is 0 Å². The average Bonchev–Trinajstić information content (AvgIpc) is 2.55. The number of aromatic nitrogens is 3. The number of anilines is 2. The lowest BCUT2D eigenvalue weighted by Gasteiger charge is -2.12. The van der Waals surface area contributed by atoms with E-state index in [-0.39, 0.29) is 16.6 Å². The second-order valence-corrected chi connectivity index (χ2v) is 5.02. The third kappa shape index (κ3) is 4.07. The molecule has 0 radical (unpaired) electrons. The Morgan fingerprint density at radius 3 is 2.70 bits per heavy atom. The summed E-state index contributed by atoms with van der Waals surface area (Å²) < 4.78 is 10.3. The van der Waals surface area contributed by atoms with Crippen molar-refractivity contribution in [3.8, 4) is 11.6 Å². The fourth-order valence-electron chi connectivity index (χ4n) is 1.95. The van der Waals surface area contributed by atoms with Gasteiger partial charge < -0.3 is 14.8 Å². The number of Topliss-reactive ketones (excluding diaryl/α,β-unsaturated/α-hetero) is 1. The molecule has 8 heteroatoms. The van der Waals surface area contributed by atoms with Crippen molar-refractivity contribution in [2.75, 3.05) is 19.5 Å². The highest BCUT2D eigenvalue weighted by atomic mass is 35.5. The first-order valence-corrected chi connectivity index (χ1v) is 7.39. The number of methoxy groups -OCH3 is 2. The summed E-state index contributed by atoms with van der Waals surface area (Å²) in [4.78, 5) is 16.4. The van der Waals surface area contributed by atoms with Gasteiger partial charge >= 0.3 is 0 Å². The second-order valence-electron chi connectivity index (χ2n) is 4.64. The van der Waals surface area contributed by atoms with Gasteiger partial charge in [0.15, 0.2) is 22.4 Å². The summed E-state index contributed by atoms with van der Waals surface area (Å²) in [6, 6.07) is 4.94. The van der Waals surface area contributed by atoms with Crippen molar-refractivity contribution in [3.63, 3.8) is 0 Å². The Kier molecular flexibility index (Phi) is 5.70. The number of hydrogen-bond donors (Lipinski definition) is 1. The standard InChI is InChI=1S/C15H17ClN4O3/c1-4-5-10(21)14-9(8-12(16)19-20-14)17-13-7-6-11(22-2)15(18-13)23-3/h6-8H,4-5H2,1-3H3,(H,17,18,19). The predicted molar refractivity (Wildman–Crippen MR) is 86.9 cm³/mol. The lowest BCUT2D eigenvalue weighted by molar-refractivity contribution is 0.0977. The number of nitrogens with zero attached hydrogens (tertiary/aromatic N) is 3. The molecule has 0 spiro atoms. The van der Waals surface area contributed by atoms with E-state index in [1.807, 2.05) is 6.92 Å². The van der Waals surface area contributed by atoms with Crippen LogP contribution in [0.15, 0.2) is 18.2 Å². The Labute approximate surface area is 139 Å². The Morgan fingerprint density at radius 2 is 2.04 bits per heavy atom. The molecule has 0 fully saturated rings. The van der Waals surface area contributed by atoms with Crippen molar-refractivity contribution in [2.45, 2.75) is 19.8 Å². The largest absolute Gasteiger partial charge is 0.491 e. The molecule has 2 rings (SSSR count). The summed E-state index contributed by atoms with van der Waals surface area (Å²) in [6.07, 6.45) is 1.10. The smallest absolute Gasteiger partial charge is 0.258 e. The molecule has 2 heterocycles. The van der Waals surface area contributed by atoms with Crippen molar-refractivity contribution in [2.24, 2.45) is 0 Å². The molecule has 0 aliphatic carbocycles. The highest BCUT2D eigenvalue weighted by molar-refractivity contribution is 6.29. The van der Waals surface area contributed by atoms with Crippen LogP contribution in [0.5, 0.6) is 11.6 Å². The molecular formula is C15H17ClN4O3. The Balaban J connectivity index is 2.35. The first-order valence-electron chi connectivity index (χ1n) is 7.01. The van der Waals surface area contributed by atoms with Crippen molar-refractivity contribution in [1.82, 2.24) is 15.2 Å². The Hall–Kier alpha value is -2.41. The van der Waals surface area contributed by atoms with Crippen LogP contribution in [-0.4, -0.2) is 35.2 Å². The van der Waals surface area contributed by atoms with Gasteiger partial charge in [-0.25, -0.2) is 0 Å². The number of carbonyl (C=O) groups excluding carboxylic acids is 1. The molecule has 0 saturated heterocycles. The Morgan fingerprint density at radius 1 is 1.26 bits per heavy atom. The van der Waals surface area contributed by atoms with E-state index in [9.17, 15) is 4.79 Å². The molecule has 0 atom stereocenters. The van der Waals surface area contributed by atoms with Gasteiger partial charge in [-0.15, -0.1) is 10.2 Å². The SMILES string of the molecule is CCCC(=O)c1nnc(Cl)cc1Nc1ccc(OC)c(OC)n1. The molecule has 0 unspecified atom stereocenters. The fourth-order valence-corrected chi connectivity index (χ4v) is 2.10. The zero-order chi connectivity index (χ0) is 16.8. The minimum absolute atomic E-state index is 0.111. The number of ether oxygens (including phenoxy) is 2. The zero-order valence-corrected chi connectivity index (χ0v) is 13.8. The summed E-state index contributed by atoms with van der Waals surface area (Å²) in [7, 11) is 3.02. The van der Waals surface area contributed by atoms with E-state index in [1.54, 1.807) is 12.1 Å². The lowest BCUT2D eigenvalue weighted by Crippen LogP contribution is -2.09. The maximum absolute atomic E-state index is 12.1. The van der Waals surface area contributed by atoms with E-state index in [1.165, 1.54) is 20.3 Å². The van der Waals surface area contributed by atoms with Crippen molar-refractivity contribution in [1.29, 1.82) is 0 Å². The van der Waals surface area contributed by atoms with Crippen LogP contribution in [-0.2, 0) is 0 Å². The molecule has 0 aromatic carbocycles. The van der Waals surface area contributed by atoms with Gasteiger partial charge in [0.25, 0.3) is 5.88 Å². The van der Waals surface area contributed by atoms with Crippen molar-refractivity contribution in [3.05, 3.63) is 29.0 Å². The molecule has 0 saturated carbocycles. The van der Waals surface area contributed by atoms with E-state index in [2.05, 4.69) is 20.5 Å². The first kappa shape index (κ1) is 17.0. The molecule has 1 N–H and O–H groups in total. The van der Waals surface area contributed by atoms with Crippen LogP contribution in [0, 0.1) is 0 Å². The minimum Gasteiger partial charge on any atom is -0.491 e. The third-order valence-corrected chi connectivity index (χ3v) is 3.19. The summed E-state index contributed by atoms with van der Waals surface area (Å²) in [6.45, 7) is 1.92. The molecule has 7 nitrogen and oxygen atoms in total. The molecule has 23 heavy (non-hydrogen) atoms. The van der Waals surface area contributed by atoms with E-state index in [4.69, 9.17) is 21.1 Å². The van der Waals surface area contributed by atoms with E-state index in [0.29, 0.717) is 29.6 Å². The van der Waals surface area contributed by atoms with Crippen LogP contribution in [0.4, 0.5) is 11.5 Å². The zero-order valence-electron chi connectivity index (χ0n) is 13.1. The number of nitrogens with one attached hydrogen (secondary N) is 1. The summed E-state index contributed by atoms with van der Waals surface area (Å²) in [5, 5.41) is 10.8. The molecule has 2 aromatic heterocycles. The van der Waals surface area contributed by atoms with Gasteiger partial charge in [-0.05, 0) is 18.6 Å². The van der Waals surface area contributed by atoms with Crippen LogP contribution in [0.3, 0.4) is 0 Å². The molecule has 2 aromatic rings. The minimum atomic E-state index is -0.111. The van der Waals surface area contributed by atoms with Gasteiger partial charge in [0.05, 0.1) is 19.9 Å². The van der Waals surface area contributed by atoms with Crippen LogP contribution in [0.1, 0.15) is 30.3 Å². The molecular weight excluding hydrogens is 320 g/mol. The molecule has 0 aliphatic rings. The number of ketones is 1. The number of pyridine rings is 1. The van der Waals surface area contributed by atoms with E-state index in [0.717, 1.165) is 6.42 Å². The van der Waals surface area contributed by atoms with Gasteiger partial charge in [0, 0.05) is 12.5 Å². The van der Waals surface area contributed by atoms with Crippen molar-refractivity contribution >= 4 is 28.9 Å². The molecule has 122 valence electrons.